The second kappa shape index (κ2) is 4.83. The molecule has 1 aliphatic rings. The van der Waals surface area contributed by atoms with E-state index in [-0.39, 0.29) is 5.95 Å². The molecule has 2 aromatic heterocycles. The van der Waals surface area contributed by atoms with Crippen molar-refractivity contribution in [2.75, 3.05) is 17.7 Å². The van der Waals surface area contributed by atoms with Gasteiger partial charge in [0, 0.05) is 25.5 Å². The summed E-state index contributed by atoms with van der Waals surface area (Å²) in [5.41, 5.74) is 5.78. The van der Waals surface area contributed by atoms with Crippen molar-refractivity contribution >= 4 is 11.9 Å². The average Bonchev–Trinajstić information content (AvgIpc) is 3.10. The lowest BCUT2D eigenvalue weighted by molar-refractivity contribution is 0.635. The Hall–Kier alpha value is -2.18. The Morgan fingerprint density at radius 3 is 2.74 bits per heavy atom. The first-order chi connectivity index (χ1) is 9.24. The Morgan fingerprint density at radius 2 is 2.05 bits per heavy atom. The fourth-order valence-electron chi connectivity index (χ4n) is 2.47. The van der Waals surface area contributed by atoms with Crippen LogP contribution >= 0.6 is 0 Å². The molecule has 3 rings (SSSR count). The van der Waals surface area contributed by atoms with Gasteiger partial charge in [-0.3, -0.25) is 4.57 Å². The topological polar surface area (TPSA) is 85.8 Å². The highest BCUT2D eigenvalue weighted by molar-refractivity contribution is 5.38. The summed E-state index contributed by atoms with van der Waals surface area (Å²) in [7, 11) is 2.02. The number of nitrogens with zero attached hydrogens (tertiary/aromatic N) is 6. The number of hydrogen-bond acceptors (Lipinski definition) is 6. The van der Waals surface area contributed by atoms with E-state index in [4.69, 9.17) is 5.73 Å². The normalized spacial score (nSPS) is 15.8. The Labute approximate surface area is 111 Å². The van der Waals surface area contributed by atoms with Gasteiger partial charge in [-0.15, -0.1) is 0 Å². The second-order valence-corrected chi connectivity index (χ2v) is 4.81. The highest BCUT2D eigenvalue weighted by atomic mass is 15.3. The van der Waals surface area contributed by atoms with Gasteiger partial charge in [0.15, 0.2) is 0 Å². The van der Waals surface area contributed by atoms with Crippen LogP contribution in [0, 0.1) is 0 Å². The van der Waals surface area contributed by atoms with Gasteiger partial charge in [0.2, 0.25) is 17.8 Å². The van der Waals surface area contributed by atoms with Gasteiger partial charge in [-0.25, -0.2) is 4.98 Å². The van der Waals surface area contributed by atoms with E-state index in [1.54, 1.807) is 23.3 Å². The molecule has 0 spiro atoms. The van der Waals surface area contributed by atoms with Crippen molar-refractivity contribution in [2.45, 2.75) is 31.7 Å². The zero-order valence-electron chi connectivity index (χ0n) is 10.9. The molecule has 0 unspecified atom stereocenters. The molecule has 1 saturated carbocycles. The van der Waals surface area contributed by atoms with E-state index in [0.29, 0.717) is 17.9 Å². The third kappa shape index (κ3) is 2.35. The lowest BCUT2D eigenvalue weighted by Gasteiger charge is -2.24. The highest BCUT2D eigenvalue weighted by Gasteiger charge is 2.22. The molecule has 2 heterocycles. The van der Waals surface area contributed by atoms with Crippen LogP contribution in [0.4, 0.5) is 11.9 Å². The molecule has 0 aliphatic heterocycles. The van der Waals surface area contributed by atoms with Crippen LogP contribution in [0.25, 0.3) is 5.95 Å². The molecule has 0 amide bonds. The average molecular weight is 259 g/mol. The number of anilines is 2. The van der Waals surface area contributed by atoms with Gasteiger partial charge in [0.1, 0.15) is 6.33 Å². The molecule has 2 aromatic rings. The van der Waals surface area contributed by atoms with Crippen LogP contribution in [0.2, 0.25) is 0 Å². The molecule has 1 aliphatic carbocycles. The smallest absolute Gasteiger partial charge is 0.241 e. The number of rotatable bonds is 3. The molecule has 2 N–H and O–H groups in total. The number of nitrogen functional groups attached to an aromatic ring is 1. The van der Waals surface area contributed by atoms with Gasteiger partial charge >= 0.3 is 0 Å². The largest absolute Gasteiger partial charge is 0.368 e. The quantitative estimate of drug-likeness (QED) is 0.885. The van der Waals surface area contributed by atoms with Crippen molar-refractivity contribution in [2.24, 2.45) is 0 Å². The van der Waals surface area contributed by atoms with Gasteiger partial charge in [-0.1, -0.05) is 12.8 Å². The molecule has 0 bridgehead atoms. The number of nitrogens with two attached hydrogens (primary N) is 1. The SMILES string of the molecule is CN(c1nc(N)nc(-n2ccnc2)n1)C1CCCC1. The third-order valence-corrected chi connectivity index (χ3v) is 3.55. The summed E-state index contributed by atoms with van der Waals surface area (Å²) < 4.78 is 1.73. The van der Waals surface area contributed by atoms with E-state index in [1.807, 2.05) is 7.05 Å². The van der Waals surface area contributed by atoms with E-state index >= 15 is 0 Å². The van der Waals surface area contributed by atoms with Crippen LogP contribution in [0.5, 0.6) is 0 Å². The van der Waals surface area contributed by atoms with Gasteiger partial charge in [-0.2, -0.15) is 15.0 Å². The van der Waals surface area contributed by atoms with E-state index in [9.17, 15) is 0 Å². The lowest BCUT2D eigenvalue weighted by Crippen LogP contribution is -2.31. The first-order valence-corrected chi connectivity index (χ1v) is 6.47. The van der Waals surface area contributed by atoms with Gasteiger partial charge in [-0.05, 0) is 12.8 Å². The maximum absolute atomic E-state index is 5.78. The molecule has 0 atom stereocenters. The van der Waals surface area contributed by atoms with Crippen molar-refractivity contribution in [3.05, 3.63) is 18.7 Å². The van der Waals surface area contributed by atoms with Crippen LogP contribution in [0.15, 0.2) is 18.7 Å². The molecule has 19 heavy (non-hydrogen) atoms. The molecule has 7 nitrogen and oxygen atoms in total. The molecule has 1 fully saturated rings. The van der Waals surface area contributed by atoms with E-state index in [1.165, 1.54) is 25.7 Å². The zero-order valence-corrected chi connectivity index (χ0v) is 10.9. The van der Waals surface area contributed by atoms with Gasteiger partial charge < -0.3 is 10.6 Å². The predicted molar refractivity (Wildman–Crippen MR) is 72.0 cm³/mol. The number of hydrogen-bond donors (Lipinski definition) is 1. The number of aromatic nitrogens is 5. The summed E-state index contributed by atoms with van der Waals surface area (Å²) in [5, 5.41) is 0. The van der Waals surface area contributed by atoms with E-state index in [0.717, 1.165) is 0 Å². The van der Waals surface area contributed by atoms with Crippen molar-refractivity contribution in [1.82, 2.24) is 24.5 Å². The summed E-state index contributed by atoms with van der Waals surface area (Å²) in [6.07, 6.45) is 10.0. The van der Waals surface area contributed by atoms with Crippen LogP contribution in [0.3, 0.4) is 0 Å². The summed E-state index contributed by atoms with van der Waals surface area (Å²) in [4.78, 5) is 18.9. The van der Waals surface area contributed by atoms with Crippen molar-refractivity contribution < 1.29 is 0 Å². The van der Waals surface area contributed by atoms with Gasteiger partial charge in [0.05, 0.1) is 0 Å². The summed E-state index contributed by atoms with van der Waals surface area (Å²) in [5.74, 6) is 1.37. The zero-order chi connectivity index (χ0) is 13.2. The lowest BCUT2D eigenvalue weighted by atomic mass is 10.2. The van der Waals surface area contributed by atoms with Crippen molar-refractivity contribution in [3.8, 4) is 5.95 Å². The summed E-state index contributed by atoms with van der Waals surface area (Å²) in [6.45, 7) is 0. The second-order valence-electron chi connectivity index (χ2n) is 4.81. The Balaban J connectivity index is 1.93. The van der Waals surface area contributed by atoms with Crippen LogP contribution < -0.4 is 10.6 Å². The molecular weight excluding hydrogens is 242 g/mol. The molecule has 7 heteroatoms. The maximum atomic E-state index is 5.78. The fraction of sp³-hybridized carbons (Fsp3) is 0.500. The summed E-state index contributed by atoms with van der Waals surface area (Å²) in [6, 6.07) is 0.498. The number of imidazole rings is 1. The molecule has 0 radical (unpaired) electrons. The highest BCUT2D eigenvalue weighted by Crippen LogP contribution is 2.25. The third-order valence-electron chi connectivity index (χ3n) is 3.55. The van der Waals surface area contributed by atoms with Crippen molar-refractivity contribution in [3.63, 3.8) is 0 Å². The first kappa shape index (κ1) is 11.9. The molecular formula is C12H17N7. The van der Waals surface area contributed by atoms with Crippen LogP contribution in [-0.2, 0) is 0 Å². The Bertz CT molecular complexity index is 545. The Kier molecular flexibility index (Phi) is 3.02. The van der Waals surface area contributed by atoms with E-state index < -0.39 is 0 Å². The first-order valence-electron chi connectivity index (χ1n) is 6.47. The minimum absolute atomic E-state index is 0.235. The van der Waals surface area contributed by atoms with Crippen LogP contribution in [-0.4, -0.2) is 37.6 Å². The summed E-state index contributed by atoms with van der Waals surface area (Å²) >= 11 is 0. The maximum Gasteiger partial charge on any atom is 0.241 e. The Morgan fingerprint density at radius 1 is 1.26 bits per heavy atom. The minimum Gasteiger partial charge on any atom is -0.368 e. The molecule has 0 saturated heterocycles. The standard InChI is InChI=1S/C12H17N7/c1-18(9-4-2-3-5-9)11-15-10(13)16-12(17-11)19-7-6-14-8-19/h6-9H,2-5H2,1H3,(H2,13,15,16,17). The van der Waals surface area contributed by atoms with Crippen LogP contribution in [0.1, 0.15) is 25.7 Å². The monoisotopic (exact) mass is 259 g/mol. The minimum atomic E-state index is 0.235. The van der Waals surface area contributed by atoms with Gasteiger partial charge in [0.25, 0.3) is 0 Å². The fourth-order valence-corrected chi connectivity index (χ4v) is 2.47. The van der Waals surface area contributed by atoms with E-state index in [2.05, 4.69) is 24.8 Å². The van der Waals surface area contributed by atoms with Crippen molar-refractivity contribution in [1.29, 1.82) is 0 Å². The molecule has 0 aromatic carbocycles. The molecule has 100 valence electrons. The predicted octanol–water partition coefficient (Wildman–Crippen LogP) is 1.02.